The van der Waals surface area contributed by atoms with Crippen LogP contribution in [0.25, 0.3) is 5.65 Å². The molecule has 3 N–H and O–H groups in total. The zero-order valence-electron chi connectivity index (χ0n) is 35.7. The van der Waals surface area contributed by atoms with Crippen molar-refractivity contribution in [2.24, 2.45) is 0 Å². The van der Waals surface area contributed by atoms with Gasteiger partial charge in [0.15, 0.2) is 11.9 Å². The molecule has 3 saturated heterocycles. The maximum Gasteiger partial charge on any atom is 0.261 e. The average Bonchev–Trinajstić information content (AvgIpc) is 3.91. The Kier molecular flexibility index (Phi) is 10.5. The van der Waals surface area contributed by atoms with Gasteiger partial charge in [0.25, 0.3) is 17.7 Å². The number of carbonyl (C=O) groups is 5. The van der Waals surface area contributed by atoms with Gasteiger partial charge < -0.3 is 34.6 Å². The lowest BCUT2D eigenvalue weighted by molar-refractivity contribution is -0.139. The number of ether oxygens (including phenoxy) is 2. The summed E-state index contributed by atoms with van der Waals surface area (Å²) in [7, 11) is 2.17. The molecular weight excluding hydrogens is 809 g/mol. The number of likely N-dealkylation sites (N-methyl/N-ethyl adjacent to an activating group) is 1. The standard InChI is InChI=1S/C45H52N10O8/c1-25(2)63-37-20-32-26(18-35(37)47-41(57)34-21-46-54-13-12-38(48-40(34)54)51-14-16-62-17-15-51)22-53(43(32)59)28-6-4-27(5-7-28)50(3)30-23-52(24-30)29-8-9-31-33(19-29)45(61)55(44(31)60)36-10-11-39(56)49-42(36)58/h8-9,12-13,18-21,25,27-28,30,36,45,61H,4-7,10-11,14-17,22-24H2,1-3H3,(H,47,57)(H,49,56,58). The second-order valence-electron chi connectivity index (χ2n) is 17.8. The number of hydrogen-bond donors (Lipinski definition) is 3. The van der Waals surface area contributed by atoms with E-state index < -0.39 is 24.1 Å². The molecule has 0 radical (unpaired) electrons. The van der Waals surface area contributed by atoms with Gasteiger partial charge in [-0.15, -0.1) is 0 Å². The van der Waals surface area contributed by atoms with Gasteiger partial charge in [0.2, 0.25) is 11.8 Å². The number of rotatable bonds is 10. The predicted octanol–water partition coefficient (Wildman–Crippen LogP) is 2.94. The molecule has 5 amide bonds. The Balaban J connectivity index is 0.759. The summed E-state index contributed by atoms with van der Waals surface area (Å²) >= 11 is 0. The topological polar surface area (TPSA) is 194 Å². The number of aliphatic hydroxyl groups excluding tert-OH is 1. The minimum atomic E-state index is -1.26. The van der Waals surface area contributed by atoms with E-state index >= 15 is 0 Å². The van der Waals surface area contributed by atoms with Gasteiger partial charge in [-0.2, -0.15) is 5.10 Å². The molecule has 10 rings (SSSR count). The van der Waals surface area contributed by atoms with E-state index in [0.29, 0.717) is 84.3 Å². The highest BCUT2D eigenvalue weighted by Gasteiger charge is 2.45. The minimum absolute atomic E-state index is 0.0215. The number of fused-ring (bicyclic) bond motifs is 3. The average molecular weight is 861 g/mol. The number of imide groups is 1. The molecule has 4 aromatic rings. The van der Waals surface area contributed by atoms with Crippen LogP contribution in [0.4, 0.5) is 17.2 Å². The van der Waals surface area contributed by atoms with Gasteiger partial charge in [-0.3, -0.25) is 39.1 Å². The third kappa shape index (κ3) is 7.42. The molecule has 5 aliphatic heterocycles. The Morgan fingerprint density at radius 2 is 1.73 bits per heavy atom. The molecule has 2 aromatic heterocycles. The summed E-state index contributed by atoms with van der Waals surface area (Å²) in [5.41, 5.74) is 4.45. The third-order valence-electron chi connectivity index (χ3n) is 13.7. The van der Waals surface area contributed by atoms with Crippen LogP contribution < -0.4 is 25.2 Å². The Labute approximate surface area is 364 Å². The molecule has 6 aliphatic rings. The van der Waals surface area contributed by atoms with Crippen molar-refractivity contribution in [2.75, 3.05) is 61.6 Å². The summed E-state index contributed by atoms with van der Waals surface area (Å²) < 4.78 is 13.3. The zero-order valence-corrected chi connectivity index (χ0v) is 35.7. The van der Waals surface area contributed by atoms with Crippen LogP contribution in [-0.2, 0) is 20.9 Å². The van der Waals surface area contributed by atoms with E-state index in [-0.39, 0.29) is 42.7 Å². The summed E-state index contributed by atoms with van der Waals surface area (Å²) in [6.07, 6.45) is 5.80. The van der Waals surface area contributed by atoms with Crippen molar-refractivity contribution < 1.29 is 38.6 Å². The minimum Gasteiger partial charge on any atom is -0.489 e. The fourth-order valence-corrected chi connectivity index (χ4v) is 10.1. The van der Waals surface area contributed by atoms with Gasteiger partial charge in [-0.05, 0) is 95.0 Å². The molecule has 18 heteroatoms. The van der Waals surface area contributed by atoms with E-state index in [2.05, 4.69) is 37.5 Å². The van der Waals surface area contributed by atoms with Crippen LogP contribution in [0.1, 0.15) is 101 Å². The van der Waals surface area contributed by atoms with Crippen LogP contribution in [-0.4, -0.2) is 141 Å². The molecule has 7 heterocycles. The number of benzene rings is 2. The number of hydrogen-bond acceptors (Lipinski definition) is 13. The van der Waals surface area contributed by atoms with E-state index in [4.69, 9.17) is 14.5 Å². The number of aromatic nitrogens is 3. The number of nitrogens with zero attached hydrogens (tertiary/aromatic N) is 8. The van der Waals surface area contributed by atoms with Crippen molar-refractivity contribution in [3.05, 3.63) is 76.6 Å². The molecule has 63 heavy (non-hydrogen) atoms. The molecule has 1 saturated carbocycles. The largest absolute Gasteiger partial charge is 0.489 e. The van der Waals surface area contributed by atoms with Crippen molar-refractivity contribution in [1.29, 1.82) is 0 Å². The number of carbonyl (C=O) groups excluding carboxylic acids is 5. The second-order valence-corrected chi connectivity index (χ2v) is 17.8. The van der Waals surface area contributed by atoms with E-state index in [0.717, 1.165) is 55.8 Å². The lowest BCUT2D eigenvalue weighted by Gasteiger charge is -2.49. The third-order valence-corrected chi connectivity index (χ3v) is 13.7. The van der Waals surface area contributed by atoms with Crippen molar-refractivity contribution >= 4 is 52.4 Å². The lowest BCUT2D eigenvalue weighted by Crippen LogP contribution is -2.61. The first-order valence-corrected chi connectivity index (χ1v) is 22.0. The maximum atomic E-state index is 14.0. The first kappa shape index (κ1) is 40.9. The molecule has 330 valence electrons. The molecule has 4 fully saturated rings. The van der Waals surface area contributed by atoms with E-state index in [1.807, 2.05) is 43.0 Å². The summed E-state index contributed by atoms with van der Waals surface area (Å²) in [4.78, 5) is 80.1. The number of nitrogens with one attached hydrogen (secondary N) is 2. The van der Waals surface area contributed by atoms with Crippen LogP contribution in [0, 0.1) is 0 Å². The summed E-state index contributed by atoms with van der Waals surface area (Å²) in [6, 6.07) is 10.9. The highest BCUT2D eigenvalue weighted by molar-refractivity contribution is 6.10. The Morgan fingerprint density at radius 3 is 2.48 bits per heavy atom. The van der Waals surface area contributed by atoms with Crippen molar-refractivity contribution in [2.45, 2.75) is 95.4 Å². The number of aliphatic hydroxyl groups is 1. The van der Waals surface area contributed by atoms with Gasteiger partial charge >= 0.3 is 0 Å². The van der Waals surface area contributed by atoms with Gasteiger partial charge in [-0.1, -0.05) is 0 Å². The highest BCUT2D eigenvalue weighted by atomic mass is 16.5. The zero-order chi connectivity index (χ0) is 43.7. The normalized spacial score (nSPS) is 24.0. The fourth-order valence-electron chi connectivity index (χ4n) is 10.1. The van der Waals surface area contributed by atoms with E-state index in [1.54, 1.807) is 22.8 Å². The maximum absolute atomic E-state index is 14.0. The quantitative estimate of drug-likeness (QED) is 0.197. The fraction of sp³-hybridized carbons (Fsp3) is 0.489. The molecule has 18 nitrogen and oxygen atoms in total. The smallest absolute Gasteiger partial charge is 0.261 e. The van der Waals surface area contributed by atoms with Crippen LogP contribution in [0.15, 0.2) is 48.8 Å². The number of piperidine rings is 1. The Bertz CT molecular complexity index is 2510. The van der Waals surface area contributed by atoms with Gasteiger partial charge in [0.05, 0.1) is 31.2 Å². The predicted molar refractivity (Wildman–Crippen MR) is 230 cm³/mol. The van der Waals surface area contributed by atoms with Crippen LogP contribution >= 0.6 is 0 Å². The van der Waals surface area contributed by atoms with E-state index in [9.17, 15) is 29.1 Å². The molecule has 0 bridgehead atoms. The molecule has 0 spiro atoms. The molecule has 2 aromatic carbocycles. The van der Waals surface area contributed by atoms with Gasteiger partial charge in [0, 0.05) is 85.8 Å². The Hall–Kier alpha value is -6.11. The molecule has 2 unspecified atom stereocenters. The van der Waals surface area contributed by atoms with Gasteiger partial charge in [0.1, 0.15) is 23.2 Å². The molecule has 1 aliphatic carbocycles. The monoisotopic (exact) mass is 860 g/mol. The van der Waals surface area contributed by atoms with Crippen molar-refractivity contribution in [1.82, 2.24) is 34.6 Å². The molecule has 2 atom stereocenters. The molecular formula is C45H52N10O8. The van der Waals surface area contributed by atoms with Crippen molar-refractivity contribution in [3.63, 3.8) is 0 Å². The van der Waals surface area contributed by atoms with E-state index in [1.165, 1.54) is 11.1 Å². The summed E-state index contributed by atoms with van der Waals surface area (Å²) in [6.45, 7) is 8.52. The van der Waals surface area contributed by atoms with Crippen LogP contribution in [0.2, 0.25) is 0 Å². The summed E-state index contributed by atoms with van der Waals surface area (Å²) in [5.74, 6) is -0.552. The highest BCUT2D eigenvalue weighted by Crippen LogP contribution is 2.41. The van der Waals surface area contributed by atoms with Crippen molar-refractivity contribution in [3.8, 4) is 5.75 Å². The Morgan fingerprint density at radius 1 is 0.952 bits per heavy atom. The first-order valence-electron chi connectivity index (χ1n) is 22.0. The first-order chi connectivity index (χ1) is 30.4. The lowest BCUT2D eigenvalue weighted by atomic mass is 9.88. The van der Waals surface area contributed by atoms with Crippen LogP contribution in [0.3, 0.4) is 0 Å². The number of morpholine rings is 1. The van der Waals surface area contributed by atoms with Gasteiger partial charge in [-0.25, -0.2) is 9.50 Å². The second kappa shape index (κ2) is 16.2. The van der Waals surface area contributed by atoms with Crippen LogP contribution in [0.5, 0.6) is 5.75 Å². The summed E-state index contributed by atoms with van der Waals surface area (Å²) in [5, 5.41) is 20.9. The number of amides is 5. The SMILES string of the molecule is CC(C)Oc1cc2c(cc1NC(=O)c1cnn3ccc(N4CCOCC4)nc13)CN(C1CCC(N(C)C3CN(c4ccc5c(c4)C(O)N(C4CCC(=O)NC4=O)C5=O)C3)CC1)C2=O. The number of anilines is 3.